The van der Waals surface area contributed by atoms with E-state index in [0.29, 0.717) is 29.5 Å². The summed E-state index contributed by atoms with van der Waals surface area (Å²) in [6.45, 7) is 1.36. The summed E-state index contributed by atoms with van der Waals surface area (Å²) in [6, 6.07) is 19.9. The summed E-state index contributed by atoms with van der Waals surface area (Å²) < 4.78 is 12.0. The molecule has 0 fully saturated rings. The summed E-state index contributed by atoms with van der Waals surface area (Å²) >= 11 is 0. The second kappa shape index (κ2) is 8.39. The molecule has 0 atom stereocenters. The third-order valence-corrected chi connectivity index (χ3v) is 4.74. The number of carboxylic acid groups (broad SMARTS) is 1. The number of hydrogen-bond acceptors (Lipinski definition) is 5. The van der Waals surface area contributed by atoms with Crippen molar-refractivity contribution < 1.29 is 19.4 Å². The van der Waals surface area contributed by atoms with Crippen LogP contribution in [0.1, 0.15) is 21.5 Å². The largest absolute Gasteiger partial charge is 0.492 e. The second-order valence-electron chi connectivity index (χ2n) is 7.22. The molecule has 6 nitrogen and oxygen atoms in total. The predicted octanol–water partition coefficient (Wildman–Crippen LogP) is 4.60. The Morgan fingerprint density at radius 2 is 1.80 bits per heavy atom. The van der Waals surface area contributed by atoms with Crippen LogP contribution in [0.3, 0.4) is 0 Å². The molecule has 1 aliphatic rings. The van der Waals surface area contributed by atoms with E-state index in [2.05, 4.69) is 4.90 Å². The van der Waals surface area contributed by atoms with Crippen molar-refractivity contribution in [1.29, 1.82) is 0 Å². The summed E-state index contributed by atoms with van der Waals surface area (Å²) in [5.74, 6) is 1.09. The average molecular weight is 402 g/mol. The number of hydrogen-bond donors (Lipinski definition) is 1. The van der Waals surface area contributed by atoms with Gasteiger partial charge in [-0.1, -0.05) is 24.3 Å². The number of nitrogens with zero attached hydrogens (tertiary/aromatic N) is 2. The fraction of sp³-hybridized carbons (Fsp3) is 0.167. The van der Waals surface area contributed by atoms with Gasteiger partial charge in [-0.05, 0) is 56.6 Å². The van der Waals surface area contributed by atoms with E-state index in [0.717, 1.165) is 23.4 Å². The van der Waals surface area contributed by atoms with E-state index >= 15 is 0 Å². The zero-order valence-electron chi connectivity index (χ0n) is 16.8. The number of para-hydroxylation sites is 2. The number of fused-ring (bicyclic) bond motifs is 2. The van der Waals surface area contributed by atoms with Gasteiger partial charge in [0.1, 0.15) is 23.8 Å². The van der Waals surface area contributed by atoms with E-state index in [-0.39, 0.29) is 5.56 Å². The first kappa shape index (κ1) is 19.7. The van der Waals surface area contributed by atoms with E-state index in [4.69, 9.17) is 14.5 Å². The molecule has 4 rings (SSSR count). The lowest BCUT2D eigenvalue weighted by Crippen LogP contribution is -2.19. The highest BCUT2D eigenvalue weighted by Gasteiger charge is 2.20. The highest BCUT2D eigenvalue weighted by molar-refractivity contribution is 6.16. The molecule has 6 heteroatoms. The molecule has 152 valence electrons. The Morgan fingerprint density at radius 3 is 2.53 bits per heavy atom. The van der Waals surface area contributed by atoms with Crippen molar-refractivity contribution in [3.05, 3.63) is 83.4 Å². The fourth-order valence-corrected chi connectivity index (χ4v) is 3.14. The number of rotatable bonds is 6. The maximum atomic E-state index is 11.2. The number of carbonyl (C=O) groups is 1. The number of aromatic carboxylic acids is 1. The van der Waals surface area contributed by atoms with Gasteiger partial charge in [-0.3, -0.25) is 0 Å². The van der Waals surface area contributed by atoms with Crippen molar-refractivity contribution in [2.75, 3.05) is 27.2 Å². The van der Waals surface area contributed by atoms with Gasteiger partial charge in [0.15, 0.2) is 5.75 Å². The predicted molar refractivity (Wildman–Crippen MR) is 116 cm³/mol. The molecule has 0 amide bonds. The van der Waals surface area contributed by atoms with Crippen LogP contribution < -0.4 is 9.47 Å². The first-order valence-electron chi connectivity index (χ1n) is 9.62. The molecule has 0 aromatic heterocycles. The highest BCUT2D eigenvalue weighted by atomic mass is 16.5. The Balaban J connectivity index is 1.78. The number of likely N-dealkylation sites (N-methyl/N-ethyl adjacent to an activating group) is 1. The lowest BCUT2D eigenvalue weighted by molar-refractivity contribution is 0.0697. The molecule has 30 heavy (non-hydrogen) atoms. The van der Waals surface area contributed by atoms with Gasteiger partial charge in [0.25, 0.3) is 0 Å². The van der Waals surface area contributed by atoms with Crippen LogP contribution in [0, 0.1) is 0 Å². The lowest BCUT2D eigenvalue weighted by Gasteiger charge is -2.14. The summed E-state index contributed by atoms with van der Waals surface area (Å²) in [6.07, 6.45) is 0. The van der Waals surface area contributed by atoms with Crippen molar-refractivity contribution in [2.45, 2.75) is 0 Å². The lowest BCUT2D eigenvalue weighted by atomic mass is 9.99. The van der Waals surface area contributed by atoms with Crippen LogP contribution in [0.5, 0.6) is 17.2 Å². The number of carboxylic acids is 1. The van der Waals surface area contributed by atoms with Crippen LogP contribution in [0.15, 0.2) is 71.7 Å². The van der Waals surface area contributed by atoms with Crippen LogP contribution in [-0.2, 0) is 0 Å². The summed E-state index contributed by atoms with van der Waals surface area (Å²) in [7, 11) is 3.99. The summed E-state index contributed by atoms with van der Waals surface area (Å²) in [4.78, 5) is 18.1. The van der Waals surface area contributed by atoms with Gasteiger partial charge in [0, 0.05) is 17.7 Å². The van der Waals surface area contributed by atoms with Crippen LogP contribution in [0.2, 0.25) is 0 Å². The molecule has 1 N–H and O–H groups in total. The summed E-state index contributed by atoms with van der Waals surface area (Å²) in [5.41, 5.74) is 3.22. The number of ether oxygens (including phenoxy) is 2. The first-order valence-corrected chi connectivity index (χ1v) is 9.62. The van der Waals surface area contributed by atoms with Crippen molar-refractivity contribution >= 4 is 17.4 Å². The van der Waals surface area contributed by atoms with Crippen molar-refractivity contribution in [3.63, 3.8) is 0 Å². The Hall–Kier alpha value is -3.64. The molecule has 0 spiro atoms. The minimum Gasteiger partial charge on any atom is -0.492 e. The summed E-state index contributed by atoms with van der Waals surface area (Å²) in [5, 5.41) is 9.21. The SMILES string of the molecule is CN(C)CCOc1ccc2c(c1)C(c1ccc(C(=O)O)cc1)=Nc1ccccc1O2. The quantitative estimate of drug-likeness (QED) is 0.510. The molecule has 1 heterocycles. The average Bonchev–Trinajstić information content (AvgIpc) is 2.90. The molecule has 3 aromatic carbocycles. The molecule has 1 aliphatic heterocycles. The monoisotopic (exact) mass is 402 g/mol. The minimum atomic E-state index is -0.963. The third-order valence-electron chi connectivity index (χ3n) is 4.74. The first-order chi connectivity index (χ1) is 14.5. The maximum Gasteiger partial charge on any atom is 0.335 e. The molecule has 0 saturated carbocycles. The van der Waals surface area contributed by atoms with Gasteiger partial charge in [0.05, 0.1) is 11.3 Å². The Kier molecular flexibility index (Phi) is 5.50. The molecule has 0 bridgehead atoms. The van der Waals surface area contributed by atoms with Crippen molar-refractivity contribution in [1.82, 2.24) is 4.90 Å². The minimum absolute atomic E-state index is 0.227. The molecule has 0 radical (unpaired) electrons. The van der Waals surface area contributed by atoms with E-state index in [9.17, 15) is 9.90 Å². The Bertz CT molecular complexity index is 1100. The van der Waals surface area contributed by atoms with E-state index in [1.54, 1.807) is 24.3 Å². The van der Waals surface area contributed by atoms with Crippen LogP contribution in [-0.4, -0.2) is 48.9 Å². The smallest absolute Gasteiger partial charge is 0.335 e. The van der Waals surface area contributed by atoms with E-state index in [1.165, 1.54) is 0 Å². The molecular formula is C24H22N2O4. The van der Waals surface area contributed by atoms with E-state index in [1.807, 2.05) is 56.6 Å². The molecule has 0 unspecified atom stereocenters. The van der Waals surface area contributed by atoms with Crippen LogP contribution in [0.25, 0.3) is 0 Å². The standard InChI is InChI=1S/C24H22N2O4/c1-26(2)13-14-29-18-11-12-21-19(15-18)23(16-7-9-17(10-8-16)24(27)28)25-20-5-3-4-6-22(20)30-21/h3-12,15H,13-14H2,1-2H3,(H,27,28). The van der Waals surface area contributed by atoms with Crippen LogP contribution >= 0.6 is 0 Å². The highest BCUT2D eigenvalue weighted by Crippen LogP contribution is 2.39. The van der Waals surface area contributed by atoms with Crippen molar-refractivity contribution in [2.24, 2.45) is 4.99 Å². The van der Waals surface area contributed by atoms with Gasteiger partial charge in [0.2, 0.25) is 0 Å². The molecule has 0 aliphatic carbocycles. The van der Waals surface area contributed by atoms with Gasteiger partial charge in [-0.15, -0.1) is 0 Å². The maximum absolute atomic E-state index is 11.2. The zero-order chi connectivity index (χ0) is 21.1. The van der Waals surface area contributed by atoms with Crippen LogP contribution in [0.4, 0.5) is 5.69 Å². The van der Waals surface area contributed by atoms with Gasteiger partial charge < -0.3 is 19.5 Å². The van der Waals surface area contributed by atoms with Gasteiger partial charge in [-0.25, -0.2) is 9.79 Å². The third kappa shape index (κ3) is 4.18. The molecule has 3 aromatic rings. The number of aliphatic imine (C=N–C) groups is 1. The number of benzene rings is 3. The van der Waals surface area contributed by atoms with Gasteiger partial charge in [-0.2, -0.15) is 0 Å². The topological polar surface area (TPSA) is 71.4 Å². The Labute approximate surface area is 175 Å². The van der Waals surface area contributed by atoms with E-state index < -0.39 is 5.97 Å². The molecular weight excluding hydrogens is 380 g/mol. The zero-order valence-corrected chi connectivity index (χ0v) is 16.8. The molecule has 0 saturated heterocycles. The second-order valence-corrected chi connectivity index (χ2v) is 7.22. The van der Waals surface area contributed by atoms with Gasteiger partial charge >= 0.3 is 5.97 Å². The Morgan fingerprint density at radius 1 is 1.03 bits per heavy atom. The fourth-order valence-electron chi connectivity index (χ4n) is 3.14. The normalized spacial score (nSPS) is 12.3. The van der Waals surface area contributed by atoms with Crippen molar-refractivity contribution in [3.8, 4) is 17.2 Å².